The molecule has 1 heterocycles. The van der Waals surface area contributed by atoms with Crippen molar-refractivity contribution in [3.05, 3.63) is 76.8 Å². The zero-order valence-corrected chi connectivity index (χ0v) is 15.8. The molecule has 0 bridgehead atoms. The molecule has 0 saturated carbocycles. The molecule has 0 aliphatic carbocycles. The molecular formula is C21H17BrN2O2. The Morgan fingerprint density at radius 1 is 0.962 bits per heavy atom. The minimum absolute atomic E-state index is 0.445. The maximum Gasteiger partial charge on any atom is 0.172 e. The van der Waals surface area contributed by atoms with E-state index in [0.717, 1.165) is 32.5 Å². The second-order valence-electron chi connectivity index (χ2n) is 5.85. The summed E-state index contributed by atoms with van der Waals surface area (Å²) in [4.78, 5) is 8.04. The van der Waals surface area contributed by atoms with Gasteiger partial charge in [-0.05, 0) is 42.0 Å². The largest absolute Gasteiger partial charge is 0.493 e. The van der Waals surface area contributed by atoms with Gasteiger partial charge in [0.25, 0.3) is 0 Å². The molecule has 0 aliphatic heterocycles. The summed E-state index contributed by atoms with van der Waals surface area (Å²) >= 11 is 3.45. The molecule has 0 atom stereocenters. The molecule has 0 radical (unpaired) electrons. The van der Waals surface area contributed by atoms with Crippen LogP contribution in [-0.2, 0) is 6.61 Å². The van der Waals surface area contributed by atoms with Crippen molar-refractivity contribution >= 4 is 27.0 Å². The number of aromatic nitrogens is 2. The lowest BCUT2D eigenvalue weighted by atomic mass is 10.1. The second-order valence-corrected chi connectivity index (χ2v) is 6.77. The molecule has 0 aliphatic rings. The fourth-order valence-electron chi connectivity index (χ4n) is 2.83. The molecule has 0 fully saturated rings. The van der Waals surface area contributed by atoms with E-state index in [1.54, 1.807) is 7.11 Å². The van der Waals surface area contributed by atoms with Gasteiger partial charge in [-0.2, -0.15) is 0 Å². The highest BCUT2D eigenvalue weighted by Gasteiger charge is 2.15. The van der Waals surface area contributed by atoms with E-state index >= 15 is 0 Å². The van der Waals surface area contributed by atoms with E-state index in [1.807, 2.05) is 66.7 Å². The van der Waals surface area contributed by atoms with E-state index in [2.05, 4.69) is 25.9 Å². The third-order valence-electron chi connectivity index (χ3n) is 4.14. The third-order valence-corrected chi connectivity index (χ3v) is 4.67. The van der Waals surface area contributed by atoms with E-state index in [4.69, 9.17) is 9.47 Å². The fourth-order valence-corrected chi connectivity index (χ4v) is 3.09. The van der Waals surface area contributed by atoms with Crippen LogP contribution in [0.25, 0.3) is 22.4 Å². The first-order chi connectivity index (χ1) is 12.7. The van der Waals surface area contributed by atoms with Gasteiger partial charge in [0.05, 0.1) is 23.7 Å². The van der Waals surface area contributed by atoms with Gasteiger partial charge in [0.15, 0.2) is 11.5 Å². The molecule has 130 valence electrons. The monoisotopic (exact) mass is 408 g/mol. The molecule has 1 aromatic heterocycles. The Morgan fingerprint density at radius 3 is 2.54 bits per heavy atom. The molecule has 0 unspecified atom stereocenters. The highest BCUT2D eigenvalue weighted by Crippen LogP contribution is 2.38. The maximum atomic E-state index is 6.14. The predicted octanol–water partition coefficient (Wildman–Crippen LogP) is 5.58. The van der Waals surface area contributed by atoms with Crippen LogP contribution in [0.15, 0.2) is 71.2 Å². The lowest BCUT2D eigenvalue weighted by Gasteiger charge is -2.14. The number of benzene rings is 3. The Bertz CT molecular complexity index is 1010. The average Bonchev–Trinajstić information content (AvgIpc) is 3.11. The predicted molar refractivity (Wildman–Crippen MR) is 107 cm³/mol. The summed E-state index contributed by atoms with van der Waals surface area (Å²) in [7, 11) is 1.64. The lowest BCUT2D eigenvalue weighted by molar-refractivity contribution is 0.285. The van der Waals surface area contributed by atoms with Crippen molar-refractivity contribution in [3.63, 3.8) is 0 Å². The molecule has 0 spiro atoms. The minimum Gasteiger partial charge on any atom is -0.493 e. The van der Waals surface area contributed by atoms with Gasteiger partial charge in [-0.1, -0.05) is 46.3 Å². The Balaban J connectivity index is 1.71. The molecule has 0 amide bonds. The highest BCUT2D eigenvalue weighted by molar-refractivity contribution is 9.10. The number of methoxy groups -OCH3 is 1. The number of H-pyrrole nitrogens is 1. The van der Waals surface area contributed by atoms with Crippen LogP contribution in [0.2, 0.25) is 0 Å². The number of rotatable bonds is 5. The van der Waals surface area contributed by atoms with Crippen LogP contribution in [0.1, 0.15) is 5.56 Å². The number of fused-ring (bicyclic) bond motifs is 1. The molecule has 4 nitrogen and oxygen atoms in total. The standard InChI is InChI=1S/C21H17BrN2O2/c1-25-19-8-4-5-16(21-23-17-6-2-3-7-18(17)24-21)20(19)26-13-14-9-11-15(22)12-10-14/h2-12H,13H2,1H3,(H,23,24). The summed E-state index contributed by atoms with van der Waals surface area (Å²) in [6.07, 6.45) is 0. The third kappa shape index (κ3) is 3.30. The zero-order chi connectivity index (χ0) is 17.9. The van der Waals surface area contributed by atoms with Crippen LogP contribution < -0.4 is 9.47 Å². The lowest BCUT2D eigenvalue weighted by Crippen LogP contribution is -2.00. The van der Waals surface area contributed by atoms with Crippen molar-refractivity contribution < 1.29 is 9.47 Å². The number of para-hydroxylation sites is 3. The van der Waals surface area contributed by atoms with E-state index in [0.29, 0.717) is 18.1 Å². The molecule has 5 heteroatoms. The number of nitrogens with one attached hydrogen (secondary N) is 1. The van der Waals surface area contributed by atoms with Gasteiger partial charge in [0.2, 0.25) is 0 Å². The van der Waals surface area contributed by atoms with Crippen molar-refractivity contribution in [1.82, 2.24) is 9.97 Å². The first kappa shape index (κ1) is 16.7. The van der Waals surface area contributed by atoms with E-state index in [9.17, 15) is 0 Å². The van der Waals surface area contributed by atoms with Gasteiger partial charge in [0.1, 0.15) is 12.4 Å². The van der Waals surface area contributed by atoms with Crippen LogP contribution in [0.5, 0.6) is 11.5 Å². The fraction of sp³-hybridized carbons (Fsp3) is 0.0952. The van der Waals surface area contributed by atoms with Crippen LogP contribution in [0.4, 0.5) is 0 Å². The zero-order valence-electron chi connectivity index (χ0n) is 14.2. The van der Waals surface area contributed by atoms with Crippen molar-refractivity contribution in [3.8, 4) is 22.9 Å². The number of aromatic amines is 1. The smallest absolute Gasteiger partial charge is 0.172 e. The van der Waals surface area contributed by atoms with Crippen molar-refractivity contribution in [2.24, 2.45) is 0 Å². The van der Waals surface area contributed by atoms with Gasteiger partial charge in [-0.3, -0.25) is 0 Å². The summed E-state index contributed by atoms with van der Waals surface area (Å²) in [5, 5.41) is 0. The number of hydrogen-bond acceptors (Lipinski definition) is 3. The summed E-state index contributed by atoms with van der Waals surface area (Å²) in [5.41, 5.74) is 3.86. The summed E-state index contributed by atoms with van der Waals surface area (Å²) in [6.45, 7) is 0.445. The maximum absolute atomic E-state index is 6.14. The number of imidazole rings is 1. The van der Waals surface area contributed by atoms with Crippen molar-refractivity contribution in [2.45, 2.75) is 6.61 Å². The summed E-state index contributed by atoms with van der Waals surface area (Å²) in [5.74, 6) is 2.12. The van der Waals surface area contributed by atoms with Crippen molar-refractivity contribution in [1.29, 1.82) is 0 Å². The molecule has 3 aromatic carbocycles. The van der Waals surface area contributed by atoms with Gasteiger partial charge in [0, 0.05) is 4.47 Å². The van der Waals surface area contributed by atoms with Gasteiger partial charge in [-0.15, -0.1) is 0 Å². The Morgan fingerprint density at radius 2 is 1.77 bits per heavy atom. The van der Waals surface area contributed by atoms with Crippen LogP contribution in [-0.4, -0.2) is 17.1 Å². The molecule has 1 N–H and O–H groups in total. The quantitative estimate of drug-likeness (QED) is 0.468. The number of nitrogens with zero attached hydrogens (tertiary/aromatic N) is 1. The molecule has 26 heavy (non-hydrogen) atoms. The Labute approximate surface area is 159 Å². The van der Waals surface area contributed by atoms with Gasteiger partial charge in [-0.25, -0.2) is 4.98 Å². The number of ether oxygens (including phenoxy) is 2. The minimum atomic E-state index is 0.445. The molecule has 4 aromatic rings. The van der Waals surface area contributed by atoms with Crippen molar-refractivity contribution in [2.75, 3.05) is 7.11 Å². The van der Waals surface area contributed by atoms with Crippen LogP contribution in [0, 0.1) is 0 Å². The van der Waals surface area contributed by atoms with Crippen LogP contribution in [0.3, 0.4) is 0 Å². The number of hydrogen-bond donors (Lipinski definition) is 1. The summed E-state index contributed by atoms with van der Waals surface area (Å²) in [6, 6.07) is 21.8. The number of halogens is 1. The average molecular weight is 409 g/mol. The molecule has 4 rings (SSSR count). The highest BCUT2D eigenvalue weighted by atomic mass is 79.9. The van der Waals surface area contributed by atoms with E-state index in [-0.39, 0.29) is 0 Å². The topological polar surface area (TPSA) is 47.1 Å². The van der Waals surface area contributed by atoms with Gasteiger partial charge >= 0.3 is 0 Å². The Hall–Kier alpha value is -2.79. The van der Waals surface area contributed by atoms with Crippen LogP contribution >= 0.6 is 15.9 Å². The molecule has 0 saturated heterocycles. The first-order valence-corrected chi connectivity index (χ1v) is 9.03. The Kier molecular flexibility index (Phi) is 4.63. The van der Waals surface area contributed by atoms with E-state index < -0.39 is 0 Å². The first-order valence-electron chi connectivity index (χ1n) is 8.24. The summed E-state index contributed by atoms with van der Waals surface area (Å²) < 4.78 is 12.7. The second kappa shape index (κ2) is 7.22. The van der Waals surface area contributed by atoms with Gasteiger partial charge < -0.3 is 14.5 Å². The SMILES string of the molecule is COc1cccc(-c2nc3ccccc3[nH]2)c1OCc1ccc(Br)cc1. The normalized spacial score (nSPS) is 10.8. The van der Waals surface area contributed by atoms with E-state index in [1.165, 1.54) is 0 Å². The molecular weight excluding hydrogens is 392 g/mol.